The third-order valence-electron chi connectivity index (χ3n) is 4.64. The maximum atomic E-state index is 5.93. The first-order chi connectivity index (χ1) is 12.5. The molecule has 0 unspecified atom stereocenters. The summed E-state index contributed by atoms with van der Waals surface area (Å²) in [7, 11) is 0. The molecule has 0 aliphatic rings. The highest BCUT2D eigenvalue weighted by Crippen LogP contribution is 2.35. The van der Waals surface area contributed by atoms with E-state index in [0.717, 1.165) is 33.3 Å². The van der Waals surface area contributed by atoms with Gasteiger partial charge in [-0.3, -0.25) is 4.98 Å². The monoisotopic (exact) mass is 357 g/mol. The van der Waals surface area contributed by atoms with E-state index in [2.05, 4.69) is 66.1 Å². The molecule has 0 amide bonds. The van der Waals surface area contributed by atoms with Gasteiger partial charge in [-0.1, -0.05) is 29.8 Å². The molecule has 0 aliphatic carbocycles. The molecule has 2 heterocycles. The van der Waals surface area contributed by atoms with Crippen LogP contribution in [-0.2, 0) is 0 Å². The van der Waals surface area contributed by atoms with E-state index in [1.165, 1.54) is 16.7 Å². The highest BCUT2D eigenvalue weighted by atomic mass is 15.0. The number of fused-ring (bicyclic) bond motifs is 1. The molecule has 5 heteroatoms. The average Bonchev–Trinajstić information content (AvgIpc) is 2.61. The highest BCUT2D eigenvalue weighted by Gasteiger charge is 2.16. The molecule has 0 bridgehead atoms. The van der Waals surface area contributed by atoms with E-state index in [0.29, 0.717) is 0 Å². The largest absolute Gasteiger partial charge is 0.368 e. The maximum Gasteiger partial charge on any atom is 0.220 e. The lowest BCUT2D eigenvalue weighted by Crippen LogP contribution is -2.01. The van der Waals surface area contributed by atoms with E-state index in [4.69, 9.17) is 5.73 Å². The van der Waals surface area contributed by atoms with Crippen LogP contribution in [0, 0.1) is 20.8 Å². The summed E-state index contributed by atoms with van der Waals surface area (Å²) in [5.41, 5.74) is 14.5. The van der Waals surface area contributed by atoms with Crippen LogP contribution in [0.1, 0.15) is 16.7 Å². The Kier molecular flexibility index (Phi) is 4.88. The molecule has 4 aromatic rings. The van der Waals surface area contributed by atoms with Crippen LogP contribution in [0.3, 0.4) is 0 Å². The zero-order chi connectivity index (χ0) is 18.3. The molecule has 136 valence electrons. The van der Waals surface area contributed by atoms with E-state index < -0.39 is 0 Å². The van der Waals surface area contributed by atoms with Gasteiger partial charge in [0.25, 0.3) is 0 Å². The number of nitrogens with zero attached hydrogens (tertiary/aromatic N) is 3. The first-order valence-corrected chi connectivity index (χ1v) is 8.59. The lowest BCUT2D eigenvalue weighted by atomic mass is 9.92. The number of benzene rings is 2. The second-order valence-electron chi connectivity index (χ2n) is 6.68. The molecule has 0 radical (unpaired) electrons. The van der Waals surface area contributed by atoms with Crippen LogP contribution >= 0.6 is 0 Å². The van der Waals surface area contributed by atoms with Crippen LogP contribution in [0.25, 0.3) is 33.3 Å². The Bertz CT molecular complexity index is 1110. The van der Waals surface area contributed by atoms with Crippen LogP contribution in [-0.4, -0.2) is 15.0 Å². The van der Waals surface area contributed by atoms with Crippen LogP contribution in [0.4, 0.5) is 5.95 Å². The molecule has 2 aromatic heterocycles. The van der Waals surface area contributed by atoms with E-state index in [9.17, 15) is 0 Å². The first-order valence-electron chi connectivity index (χ1n) is 8.59. The van der Waals surface area contributed by atoms with Crippen LogP contribution in [0.15, 0.2) is 54.9 Å². The minimum absolute atomic E-state index is 0. The number of hydrogen-bond donors (Lipinski definition) is 2. The topological polar surface area (TPSA) is 99.7 Å². The number of nitrogen functional groups attached to an aromatic ring is 1. The molecule has 2 aromatic carbocycles. The van der Waals surface area contributed by atoms with Crippen molar-refractivity contribution < 1.29 is 0 Å². The lowest BCUT2D eigenvalue weighted by Gasteiger charge is -2.15. The highest BCUT2D eigenvalue weighted by molar-refractivity contribution is 5.89. The van der Waals surface area contributed by atoms with Crippen LogP contribution in [0.5, 0.6) is 0 Å². The van der Waals surface area contributed by atoms with E-state index >= 15 is 0 Å². The quantitative estimate of drug-likeness (QED) is 0.524. The second-order valence-corrected chi connectivity index (χ2v) is 6.68. The van der Waals surface area contributed by atoms with Gasteiger partial charge in [-0.15, -0.1) is 0 Å². The van der Waals surface area contributed by atoms with Gasteiger partial charge >= 0.3 is 0 Å². The Labute approximate surface area is 158 Å². The number of anilines is 1. The zero-order valence-corrected chi connectivity index (χ0v) is 15.8. The van der Waals surface area contributed by atoms with Crippen molar-refractivity contribution in [3.63, 3.8) is 0 Å². The van der Waals surface area contributed by atoms with Gasteiger partial charge < -0.3 is 11.9 Å². The predicted molar refractivity (Wildman–Crippen MR) is 112 cm³/mol. The molecule has 0 aliphatic heterocycles. The summed E-state index contributed by atoms with van der Waals surface area (Å²) < 4.78 is 0. The number of nitrogens with two attached hydrogens (primary N) is 1. The molecule has 0 atom stereocenters. The van der Waals surface area contributed by atoms with E-state index in [-0.39, 0.29) is 12.1 Å². The van der Waals surface area contributed by atoms with Gasteiger partial charge in [0.05, 0.1) is 11.2 Å². The van der Waals surface area contributed by atoms with Gasteiger partial charge in [-0.05, 0) is 55.7 Å². The molecule has 5 nitrogen and oxygen atoms in total. The summed E-state index contributed by atoms with van der Waals surface area (Å²) >= 11 is 0. The average molecular weight is 357 g/mol. The first kappa shape index (κ1) is 18.5. The molecule has 0 saturated heterocycles. The minimum atomic E-state index is 0. The Hall–Kier alpha value is -3.31. The number of pyridine rings is 1. The van der Waals surface area contributed by atoms with Crippen molar-refractivity contribution in [1.29, 1.82) is 0 Å². The number of aryl methyl sites for hydroxylation is 3. The van der Waals surface area contributed by atoms with Crippen molar-refractivity contribution in [3.8, 4) is 22.4 Å². The molecule has 0 saturated carbocycles. The molecular formula is C22H23N5. The zero-order valence-electron chi connectivity index (χ0n) is 15.8. The van der Waals surface area contributed by atoms with Crippen molar-refractivity contribution in [2.24, 2.45) is 0 Å². The van der Waals surface area contributed by atoms with E-state index in [1.807, 2.05) is 18.3 Å². The summed E-state index contributed by atoms with van der Waals surface area (Å²) in [5.74, 6) is 0.283. The molecule has 0 fully saturated rings. The summed E-state index contributed by atoms with van der Waals surface area (Å²) in [4.78, 5) is 13.2. The van der Waals surface area contributed by atoms with Crippen molar-refractivity contribution in [1.82, 2.24) is 21.1 Å². The fourth-order valence-electron chi connectivity index (χ4n) is 3.59. The normalized spacial score (nSPS) is 10.6. The van der Waals surface area contributed by atoms with Gasteiger partial charge in [-0.25, -0.2) is 9.97 Å². The molecular weight excluding hydrogens is 334 g/mol. The summed E-state index contributed by atoms with van der Waals surface area (Å²) in [6, 6.07) is 14.6. The predicted octanol–water partition coefficient (Wildman–Crippen LogP) is 5.03. The SMILES string of the molecule is Cc1cc(C)c(-c2nc(N)ncc2-c2ccc3ncccc3c2)c(C)c1.N. The smallest absolute Gasteiger partial charge is 0.220 e. The van der Waals surface area contributed by atoms with Crippen LogP contribution < -0.4 is 11.9 Å². The van der Waals surface area contributed by atoms with Crippen molar-refractivity contribution in [3.05, 3.63) is 71.5 Å². The summed E-state index contributed by atoms with van der Waals surface area (Å²) in [6.07, 6.45) is 3.62. The molecule has 27 heavy (non-hydrogen) atoms. The number of hydrogen-bond acceptors (Lipinski definition) is 5. The van der Waals surface area contributed by atoms with Gasteiger partial charge in [-0.2, -0.15) is 0 Å². The molecule has 5 N–H and O–H groups in total. The third kappa shape index (κ3) is 3.37. The lowest BCUT2D eigenvalue weighted by molar-refractivity contribution is 1.18. The van der Waals surface area contributed by atoms with Crippen molar-refractivity contribution >= 4 is 16.9 Å². The number of aromatic nitrogens is 3. The second kappa shape index (κ2) is 7.13. The van der Waals surface area contributed by atoms with Crippen molar-refractivity contribution in [2.75, 3.05) is 5.73 Å². The summed E-state index contributed by atoms with van der Waals surface area (Å²) in [6.45, 7) is 6.33. The van der Waals surface area contributed by atoms with Crippen LogP contribution in [0.2, 0.25) is 0 Å². The van der Waals surface area contributed by atoms with Gasteiger partial charge in [0.15, 0.2) is 0 Å². The van der Waals surface area contributed by atoms with Gasteiger partial charge in [0, 0.05) is 28.9 Å². The number of rotatable bonds is 2. The third-order valence-corrected chi connectivity index (χ3v) is 4.64. The van der Waals surface area contributed by atoms with E-state index in [1.54, 1.807) is 6.20 Å². The molecule has 4 rings (SSSR count). The Morgan fingerprint density at radius 2 is 1.63 bits per heavy atom. The maximum absolute atomic E-state index is 5.93. The minimum Gasteiger partial charge on any atom is -0.368 e. The van der Waals surface area contributed by atoms with Crippen molar-refractivity contribution in [2.45, 2.75) is 20.8 Å². The van der Waals surface area contributed by atoms with Gasteiger partial charge in [0.1, 0.15) is 0 Å². The fourth-order valence-corrected chi connectivity index (χ4v) is 3.59. The standard InChI is InChI=1S/C22H20N4.H3N/c1-13-9-14(2)20(15(3)10-13)21-18(12-25-22(23)26-21)16-6-7-19-17(11-16)5-4-8-24-19;/h4-12H,1-3H3,(H2,23,25,26);1H3. The fraction of sp³-hybridized carbons (Fsp3) is 0.136. The summed E-state index contributed by atoms with van der Waals surface area (Å²) in [5, 5.41) is 1.09. The Morgan fingerprint density at radius 1 is 0.889 bits per heavy atom. The van der Waals surface area contributed by atoms with Gasteiger partial charge in [0.2, 0.25) is 5.95 Å². The molecule has 0 spiro atoms. The Balaban J connectivity index is 0.00000210. The Morgan fingerprint density at radius 3 is 2.37 bits per heavy atom.